The Balaban J connectivity index is 1.56. The van der Waals surface area contributed by atoms with Gasteiger partial charge in [0.1, 0.15) is 0 Å². The summed E-state index contributed by atoms with van der Waals surface area (Å²) >= 11 is 0. The van der Waals surface area contributed by atoms with Crippen molar-refractivity contribution in [3.63, 3.8) is 0 Å². The van der Waals surface area contributed by atoms with Crippen LogP contribution in [0.4, 0.5) is 0 Å². The van der Waals surface area contributed by atoms with Crippen molar-refractivity contribution in [1.29, 1.82) is 0 Å². The third-order valence-corrected chi connectivity index (χ3v) is 3.98. The average Bonchev–Trinajstić information content (AvgIpc) is 2.94. The molecule has 2 fully saturated rings. The second-order valence-corrected chi connectivity index (χ2v) is 5.45. The van der Waals surface area contributed by atoms with Crippen LogP contribution >= 0.6 is 0 Å². The molecule has 0 radical (unpaired) electrons. The SMILES string of the molecule is CC(CCCNC1CC1)N1CCCC1C. The van der Waals surface area contributed by atoms with Crippen molar-refractivity contribution in [2.24, 2.45) is 0 Å². The monoisotopic (exact) mass is 210 g/mol. The second-order valence-electron chi connectivity index (χ2n) is 5.45. The Bertz CT molecular complexity index is 189. The highest BCUT2D eigenvalue weighted by atomic mass is 15.2. The Morgan fingerprint density at radius 1 is 1.33 bits per heavy atom. The van der Waals surface area contributed by atoms with Crippen LogP contribution in [0.25, 0.3) is 0 Å². The van der Waals surface area contributed by atoms with Crippen LogP contribution in [0.1, 0.15) is 52.4 Å². The molecular weight excluding hydrogens is 184 g/mol. The first-order valence-corrected chi connectivity index (χ1v) is 6.76. The van der Waals surface area contributed by atoms with Gasteiger partial charge in [0.25, 0.3) is 0 Å². The van der Waals surface area contributed by atoms with Gasteiger partial charge in [-0.05, 0) is 65.5 Å². The minimum Gasteiger partial charge on any atom is -0.314 e. The molecule has 0 bridgehead atoms. The van der Waals surface area contributed by atoms with Crippen molar-refractivity contribution in [1.82, 2.24) is 10.2 Å². The lowest BCUT2D eigenvalue weighted by Crippen LogP contribution is -2.36. The predicted molar refractivity (Wildman–Crippen MR) is 65.1 cm³/mol. The van der Waals surface area contributed by atoms with E-state index in [2.05, 4.69) is 24.1 Å². The molecule has 1 aliphatic heterocycles. The van der Waals surface area contributed by atoms with Crippen LogP contribution in [-0.2, 0) is 0 Å². The zero-order valence-electron chi connectivity index (χ0n) is 10.3. The molecule has 2 nitrogen and oxygen atoms in total. The van der Waals surface area contributed by atoms with E-state index >= 15 is 0 Å². The fourth-order valence-electron chi connectivity index (χ4n) is 2.77. The van der Waals surface area contributed by atoms with Gasteiger partial charge >= 0.3 is 0 Å². The number of nitrogens with zero attached hydrogens (tertiary/aromatic N) is 1. The van der Waals surface area contributed by atoms with Crippen molar-refractivity contribution in [2.45, 2.75) is 70.5 Å². The van der Waals surface area contributed by atoms with Crippen molar-refractivity contribution in [2.75, 3.05) is 13.1 Å². The minimum atomic E-state index is 0.795. The summed E-state index contributed by atoms with van der Waals surface area (Å²) in [6, 6.07) is 2.51. The molecule has 0 spiro atoms. The van der Waals surface area contributed by atoms with Crippen molar-refractivity contribution < 1.29 is 0 Å². The third kappa shape index (κ3) is 3.46. The minimum absolute atomic E-state index is 0.795. The van der Waals surface area contributed by atoms with Gasteiger partial charge < -0.3 is 5.32 Å². The Kier molecular flexibility index (Phi) is 4.04. The van der Waals surface area contributed by atoms with Gasteiger partial charge in [0, 0.05) is 18.1 Å². The second kappa shape index (κ2) is 5.31. The lowest BCUT2D eigenvalue weighted by Gasteiger charge is -2.28. The highest BCUT2D eigenvalue weighted by molar-refractivity contribution is 4.82. The van der Waals surface area contributed by atoms with Crippen LogP contribution in [-0.4, -0.2) is 36.1 Å². The molecule has 2 rings (SSSR count). The lowest BCUT2D eigenvalue weighted by molar-refractivity contribution is 0.191. The smallest absolute Gasteiger partial charge is 0.00702 e. The Morgan fingerprint density at radius 3 is 2.73 bits per heavy atom. The summed E-state index contributed by atoms with van der Waals surface area (Å²) in [6.45, 7) is 7.35. The molecule has 2 aliphatic rings. The van der Waals surface area contributed by atoms with Crippen molar-refractivity contribution >= 4 is 0 Å². The van der Waals surface area contributed by atoms with Gasteiger partial charge in [-0.25, -0.2) is 0 Å². The van der Waals surface area contributed by atoms with Crippen LogP contribution in [0.5, 0.6) is 0 Å². The topological polar surface area (TPSA) is 15.3 Å². The highest BCUT2D eigenvalue weighted by Crippen LogP contribution is 2.22. The molecule has 1 N–H and O–H groups in total. The number of nitrogens with one attached hydrogen (secondary N) is 1. The van der Waals surface area contributed by atoms with Crippen LogP contribution in [0, 0.1) is 0 Å². The summed E-state index contributed by atoms with van der Waals surface area (Å²) in [7, 11) is 0. The summed E-state index contributed by atoms with van der Waals surface area (Å²) in [5.74, 6) is 0. The molecule has 2 atom stereocenters. The molecule has 0 aromatic carbocycles. The van der Waals surface area contributed by atoms with E-state index in [0.717, 1.165) is 18.1 Å². The summed E-state index contributed by atoms with van der Waals surface area (Å²) in [5.41, 5.74) is 0. The van der Waals surface area contributed by atoms with E-state index in [1.54, 1.807) is 0 Å². The fourth-order valence-corrected chi connectivity index (χ4v) is 2.77. The molecular formula is C13H26N2. The van der Waals surface area contributed by atoms with Gasteiger partial charge in [-0.2, -0.15) is 0 Å². The fraction of sp³-hybridized carbons (Fsp3) is 1.00. The van der Waals surface area contributed by atoms with Gasteiger partial charge in [0.05, 0.1) is 0 Å². The molecule has 2 unspecified atom stereocenters. The normalized spacial score (nSPS) is 29.6. The number of rotatable bonds is 6. The van der Waals surface area contributed by atoms with Crippen LogP contribution in [0.15, 0.2) is 0 Å². The van der Waals surface area contributed by atoms with Crippen molar-refractivity contribution in [3.05, 3.63) is 0 Å². The predicted octanol–water partition coefficient (Wildman–Crippen LogP) is 2.39. The first kappa shape index (κ1) is 11.4. The van der Waals surface area contributed by atoms with Gasteiger partial charge in [-0.15, -0.1) is 0 Å². The van der Waals surface area contributed by atoms with Gasteiger partial charge in [0.2, 0.25) is 0 Å². The summed E-state index contributed by atoms with van der Waals surface area (Å²) in [6.07, 6.45) is 8.36. The third-order valence-electron chi connectivity index (χ3n) is 3.98. The first-order valence-electron chi connectivity index (χ1n) is 6.76. The summed E-state index contributed by atoms with van der Waals surface area (Å²) in [4.78, 5) is 2.69. The maximum absolute atomic E-state index is 3.60. The maximum atomic E-state index is 3.60. The molecule has 0 amide bonds. The van der Waals surface area contributed by atoms with E-state index in [1.807, 2.05) is 0 Å². The molecule has 1 saturated heterocycles. The molecule has 2 heteroatoms. The van der Waals surface area contributed by atoms with Gasteiger partial charge in [-0.1, -0.05) is 0 Å². The van der Waals surface area contributed by atoms with E-state index in [-0.39, 0.29) is 0 Å². The van der Waals surface area contributed by atoms with Crippen LogP contribution in [0.3, 0.4) is 0 Å². The molecule has 15 heavy (non-hydrogen) atoms. The van der Waals surface area contributed by atoms with Gasteiger partial charge in [0.15, 0.2) is 0 Å². The number of likely N-dealkylation sites (tertiary alicyclic amines) is 1. The van der Waals surface area contributed by atoms with E-state index in [0.29, 0.717) is 0 Å². The molecule has 1 saturated carbocycles. The average molecular weight is 210 g/mol. The molecule has 0 aromatic rings. The standard InChI is InChI=1S/C13H26N2/c1-11(15-10-4-6-12(15)2)5-3-9-14-13-7-8-13/h11-14H,3-10H2,1-2H3. The van der Waals surface area contributed by atoms with E-state index < -0.39 is 0 Å². The zero-order valence-corrected chi connectivity index (χ0v) is 10.3. The largest absolute Gasteiger partial charge is 0.314 e. The quantitative estimate of drug-likeness (QED) is 0.677. The summed E-state index contributed by atoms with van der Waals surface area (Å²) < 4.78 is 0. The zero-order chi connectivity index (χ0) is 10.7. The van der Waals surface area contributed by atoms with E-state index in [1.165, 1.54) is 51.6 Å². The van der Waals surface area contributed by atoms with Crippen LogP contribution in [0.2, 0.25) is 0 Å². The Morgan fingerprint density at radius 2 is 2.13 bits per heavy atom. The lowest BCUT2D eigenvalue weighted by atomic mass is 10.1. The summed E-state index contributed by atoms with van der Waals surface area (Å²) in [5, 5.41) is 3.60. The van der Waals surface area contributed by atoms with Crippen LogP contribution < -0.4 is 5.32 Å². The molecule has 1 aliphatic carbocycles. The Labute approximate surface area is 94.4 Å². The van der Waals surface area contributed by atoms with Crippen molar-refractivity contribution in [3.8, 4) is 0 Å². The first-order chi connectivity index (χ1) is 7.27. The number of hydrogen-bond donors (Lipinski definition) is 1. The molecule has 88 valence electrons. The number of hydrogen-bond acceptors (Lipinski definition) is 2. The van der Waals surface area contributed by atoms with E-state index in [4.69, 9.17) is 0 Å². The molecule has 1 heterocycles. The van der Waals surface area contributed by atoms with E-state index in [9.17, 15) is 0 Å². The maximum Gasteiger partial charge on any atom is 0.00702 e. The molecule has 0 aromatic heterocycles. The highest BCUT2D eigenvalue weighted by Gasteiger charge is 2.24. The van der Waals surface area contributed by atoms with Gasteiger partial charge in [-0.3, -0.25) is 4.90 Å². The Hall–Kier alpha value is -0.0800.